The Morgan fingerprint density at radius 3 is 2.83 bits per heavy atom. The van der Waals surface area contributed by atoms with E-state index in [1.165, 1.54) is 13.0 Å². The third-order valence-corrected chi connectivity index (χ3v) is 8.56. The molecule has 3 N–H and O–H groups in total. The molecule has 1 unspecified atom stereocenters. The topological polar surface area (TPSA) is 115 Å². The fourth-order valence-corrected chi connectivity index (χ4v) is 6.35. The van der Waals surface area contributed by atoms with Crippen LogP contribution < -0.4 is 10.5 Å². The van der Waals surface area contributed by atoms with Gasteiger partial charge < -0.3 is 5.32 Å². The van der Waals surface area contributed by atoms with Crippen molar-refractivity contribution < 1.29 is 13.8 Å². The molecule has 2 aromatic rings. The fourth-order valence-electron chi connectivity index (χ4n) is 4.19. The van der Waals surface area contributed by atoms with E-state index in [4.69, 9.17) is 10.1 Å². The molecule has 0 fully saturated rings. The third kappa shape index (κ3) is 3.74. The molecule has 2 heterocycles. The summed E-state index contributed by atoms with van der Waals surface area (Å²) < 4.78 is 16.8. The molecule has 0 radical (unpaired) electrons. The Labute approximate surface area is 174 Å². The number of aromatic nitrogens is 1. The van der Waals surface area contributed by atoms with Crippen LogP contribution in [0.4, 0.5) is 10.5 Å². The minimum absolute atomic E-state index is 0.152. The number of thiophene rings is 1. The normalized spacial score (nSPS) is 19.3. The molecular formula is C20H24N4O3S2. The molecule has 2 amide bonds. The van der Waals surface area contributed by atoms with Gasteiger partial charge in [-0.2, -0.15) is 0 Å². The summed E-state index contributed by atoms with van der Waals surface area (Å²) in [4.78, 5) is 29.0. The molecule has 2 atom stereocenters. The predicted octanol–water partition coefficient (Wildman–Crippen LogP) is 4.21. The van der Waals surface area contributed by atoms with Crippen molar-refractivity contribution in [1.82, 2.24) is 4.98 Å². The van der Waals surface area contributed by atoms with Crippen LogP contribution in [-0.4, -0.2) is 21.0 Å². The van der Waals surface area contributed by atoms with Crippen molar-refractivity contribution in [2.24, 2.45) is 9.50 Å². The Morgan fingerprint density at radius 1 is 1.34 bits per heavy atom. The molecule has 2 aromatic heterocycles. The van der Waals surface area contributed by atoms with Crippen molar-refractivity contribution in [3.05, 3.63) is 39.5 Å². The largest absolute Gasteiger partial charge is 0.354 e. The van der Waals surface area contributed by atoms with Gasteiger partial charge in [0.05, 0.1) is 5.69 Å². The Hall–Kier alpha value is -2.10. The second kappa shape index (κ2) is 7.62. The Kier molecular flexibility index (Phi) is 5.30. The van der Waals surface area contributed by atoms with Gasteiger partial charge in [0.2, 0.25) is 0 Å². The lowest BCUT2D eigenvalue weighted by molar-refractivity contribution is 0.101. The molecule has 0 aliphatic heterocycles. The average Bonchev–Trinajstić information content (AvgIpc) is 3.39. The van der Waals surface area contributed by atoms with E-state index < -0.39 is 15.9 Å². The molecule has 2 aliphatic rings. The number of amides is 2. The van der Waals surface area contributed by atoms with Gasteiger partial charge in [-0.15, -0.1) is 15.7 Å². The first-order valence-corrected chi connectivity index (χ1v) is 12.3. The molecule has 0 aromatic carbocycles. The van der Waals surface area contributed by atoms with E-state index in [2.05, 4.69) is 16.6 Å². The number of hydrogen-bond acceptors (Lipinski definition) is 5. The fraction of sp³-hybridized carbons (Fsp3) is 0.450. The minimum Gasteiger partial charge on any atom is -0.305 e. The lowest BCUT2D eigenvalue weighted by Gasteiger charge is -2.16. The molecule has 7 nitrogen and oxygen atoms in total. The number of ketones is 1. The summed E-state index contributed by atoms with van der Waals surface area (Å²) >= 11 is 1.07. The van der Waals surface area contributed by atoms with Crippen LogP contribution in [0, 0.1) is 0 Å². The van der Waals surface area contributed by atoms with Crippen LogP contribution in [-0.2, 0) is 29.2 Å². The number of Topliss-reactive ketones (excluding diaryl/α,β-unsaturated/α-hetero) is 1. The zero-order chi connectivity index (χ0) is 20.8. The number of urea groups is 1. The zero-order valence-electron chi connectivity index (χ0n) is 16.5. The van der Waals surface area contributed by atoms with E-state index in [1.54, 1.807) is 5.38 Å². The predicted molar refractivity (Wildman–Crippen MR) is 114 cm³/mol. The average molecular weight is 433 g/mol. The van der Waals surface area contributed by atoms with Crippen LogP contribution in [0.3, 0.4) is 0 Å². The smallest absolute Gasteiger partial charge is 0.305 e. The van der Waals surface area contributed by atoms with Crippen LogP contribution in [0.1, 0.15) is 71.9 Å². The van der Waals surface area contributed by atoms with Gasteiger partial charge in [0, 0.05) is 28.2 Å². The molecule has 0 spiro atoms. The van der Waals surface area contributed by atoms with Crippen molar-refractivity contribution in [1.29, 1.82) is 0 Å². The van der Waals surface area contributed by atoms with Gasteiger partial charge in [-0.05, 0) is 62.6 Å². The van der Waals surface area contributed by atoms with Crippen LogP contribution in [0.25, 0.3) is 0 Å². The van der Waals surface area contributed by atoms with Gasteiger partial charge in [-0.3, -0.25) is 9.78 Å². The summed E-state index contributed by atoms with van der Waals surface area (Å²) in [6.07, 6.45) is 5.71. The number of fused-ring (bicyclic) bond motifs is 2. The molecule has 0 bridgehead atoms. The SMILES string of the molecule is CC[C@@H]1CCc2c1nc1c(c2NC(=O)N=S(N)(=O)c2cc(C(C)=O)cs2)CCC1. The molecule has 154 valence electrons. The van der Waals surface area contributed by atoms with Crippen LogP contribution >= 0.6 is 11.3 Å². The Balaban J connectivity index is 1.68. The van der Waals surface area contributed by atoms with E-state index >= 15 is 0 Å². The lowest BCUT2D eigenvalue weighted by Crippen LogP contribution is -2.18. The minimum atomic E-state index is -3.42. The summed E-state index contributed by atoms with van der Waals surface area (Å²) in [5.41, 5.74) is 5.49. The van der Waals surface area contributed by atoms with E-state index in [9.17, 15) is 13.8 Å². The molecule has 0 saturated heterocycles. The summed E-state index contributed by atoms with van der Waals surface area (Å²) in [7, 11) is -3.42. The highest BCUT2D eigenvalue weighted by Crippen LogP contribution is 2.42. The van der Waals surface area contributed by atoms with Gasteiger partial charge in [-0.1, -0.05) is 6.92 Å². The van der Waals surface area contributed by atoms with Gasteiger partial charge >= 0.3 is 6.03 Å². The summed E-state index contributed by atoms with van der Waals surface area (Å²) in [6.45, 7) is 3.57. The number of carbonyl (C=O) groups excluding carboxylic acids is 2. The quantitative estimate of drug-likeness (QED) is 0.704. The number of aryl methyl sites for hydroxylation is 1. The Morgan fingerprint density at radius 2 is 2.14 bits per heavy atom. The second-order valence-electron chi connectivity index (χ2n) is 7.57. The highest BCUT2D eigenvalue weighted by molar-refractivity contribution is 7.93. The first kappa shape index (κ1) is 20.2. The number of rotatable bonds is 4. The monoisotopic (exact) mass is 432 g/mol. The van der Waals surface area contributed by atoms with Crippen LogP contribution in [0.5, 0.6) is 0 Å². The third-order valence-electron chi connectivity index (χ3n) is 5.70. The van der Waals surface area contributed by atoms with Crippen molar-refractivity contribution in [2.75, 3.05) is 5.32 Å². The number of nitrogens with one attached hydrogen (secondary N) is 1. The number of nitrogens with two attached hydrogens (primary N) is 1. The van der Waals surface area contributed by atoms with E-state index in [1.807, 2.05) is 0 Å². The lowest BCUT2D eigenvalue weighted by atomic mass is 10.0. The second-order valence-corrected chi connectivity index (χ2v) is 10.5. The van der Waals surface area contributed by atoms with Crippen LogP contribution in [0.15, 0.2) is 20.0 Å². The molecule has 29 heavy (non-hydrogen) atoms. The highest BCUT2D eigenvalue weighted by atomic mass is 32.2. The number of hydrogen-bond donors (Lipinski definition) is 2. The van der Waals surface area contributed by atoms with Crippen LogP contribution in [0.2, 0.25) is 0 Å². The highest BCUT2D eigenvalue weighted by Gasteiger charge is 2.31. The maximum Gasteiger partial charge on any atom is 0.354 e. The van der Waals surface area contributed by atoms with Crippen molar-refractivity contribution in [3.8, 4) is 0 Å². The van der Waals surface area contributed by atoms with Gasteiger partial charge in [0.15, 0.2) is 15.7 Å². The van der Waals surface area contributed by atoms with Gasteiger partial charge in [0.1, 0.15) is 4.21 Å². The van der Waals surface area contributed by atoms with Crippen molar-refractivity contribution in [3.63, 3.8) is 0 Å². The van der Waals surface area contributed by atoms with Crippen molar-refractivity contribution in [2.45, 2.75) is 62.5 Å². The molecule has 9 heteroatoms. The standard InChI is InChI=1S/C20H24N4O3S2/c1-3-12-7-8-15-18(12)22-16-6-4-5-14(16)19(15)23-20(26)24-29(21,27)17-9-13(10-28-17)11(2)25/h9-10,12H,3-8H2,1-2H3,(H3,21,22,23,24,26,27)/t12-,29?/m1/s1. The van der Waals surface area contributed by atoms with E-state index in [-0.39, 0.29) is 9.99 Å². The number of nitrogens with zero attached hydrogens (tertiary/aromatic N) is 2. The number of anilines is 1. The van der Waals surface area contributed by atoms with Gasteiger partial charge in [0.25, 0.3) is 0 Å². The number of pyridine rings is 1. The molecule has 2 aliphatic carbocycles. The zero-order valence-corrected chi connectivity index (χ0v) is 18.1. The maximum atomic E-state index is 12.8. The maximum absolute atomic E-state index is 12.8. The first-order valence-electron chi connectivity index (χ1n) is 9.80. The molecular weight excluding hydrogens is 408 g/mol. The van der Waals surface area contributed by atoms with E-state index in [0.29, 0.717) is 11.5 Å². The summed E-state index contributed by atoms with van der Waals surface area (Å²) in [5.74, 6) is 0.263. The van der Waals surface area contributed by atoms with Crippen molar-refractivity contribution >= 4 is 38.8 Å². The van der Waals surface area contributed by atoms with Gasteiger partial charge in [-0.25, -0.2) is 14.1 Å². The first-order chi connectivity index (χ1) is 13.8. The summed E-state index contributed by atoms with van der Waals surface area (Å²) in [6, 6.07) is 0.720. The Bertz CT molecular complexity index is 1130. The number of carbonyl (C=O) groups is 2. The summed E-state index contributed by atoms with van der Waals surface area (Å²) in [5, 5.41) is 10.3. The molecule has 0 saturated carbocycles. The molecule has 4 rings (SSSR count). The van der Waals surface area contributed by atoms with E-state index in [0.717, 1.165) is 78.1 Å².